The van der Waals surface area contributed by atoms with Crippen molar-refractivity contribution in [1.29, 1.82) is 0 Å². The molecule has 126 valence electrons. The Morgan fingerprint density at radius 3 is 2.08 bits per heavy atom. The summed E-state index contributed by atoms with van der Waals surface area (Å²) in [4.78, 5) is 12.3. The van der Waals surface area contributed by atoms with Gasteiger partial charge < -0.3 is 0 Å². The molecule has 0 fully saturated rings. The van der Waals surface area contributed by atoms with Crippen LogP contribution in [0, 0.1) is 0 Å². The second kappa shape index (κ2) is 7.55. The number of carbonyl (C=O) groups excluding carboxylic acids is 1. The van der Waals surface area contributed by atoms with Gasteiger partial charge in [0.2, 0.25) is 10.0 Å². The van der Waals surface area contributed by atoms with Crippen LogP contribution in [0.3, 0.4) is 0 Å². The Bertz CT molecular complexity index is 833. The molecule has 0 saturated heterocycles. The Hall–Kier alpha value is -2.24. The molecule has 1 N–H and O–H groups in total. The van der Waals surface area contributed by atoms with Gasteiger partial charge in [-0.1, -0.05) is 44.2 Å². The second-order valence-corrected chi connectivity index (χ2v) is 7.64. The number of nitrogens with one attached hydrogen (secondary N) is 1. The monoisotopic (exact) mass is 343 g/mol. The number of hydrogen-bond acceptors (Lipinski definition) is 3. The van der Waals surface area contributed by atoms with Gasteiger partial charge >= 0.3 is 0 Å². The molecule has 24 heavy (non-hydrogen) atoms. The van der Waals surface area contributed by atoms with Crippen molar-refractivity contribution in [1.82, 2.24) is 4.72 Å². The summed E-state index contributed by atoms with van der Waals surface area (Å²) in [5.74, 6) is 0.299. The standard InChI is InChI=1S/C19H21NO3S/c1-14(2)16-7-4-15(5-8-16)6-13-19(21)17-9-11-18(12-10-17)24(22,23)20-3/h4-14,20H,1-3H3/b13-6+. The summed E-state index contributed by atoms with van der Waals surface area (Å²) in [6.45, 7) is 4.26. The highest BCUT2D eigenvalue weighted by Crippen LogP contribution is 2.16. The Kier molecular flexibility index (Phi) is 5.70. The first-order valence-electron chi connectivity index (χ1n) is 7.69. The summed E-state index contributed by atoms with van der Waals surface area (Å²) in [7, 11) is -2.14. The van der Waals surface area contributed by atoms with E-state index >= 15 is 0 Å². The maximum absolute atomic E-state index is 12.2. The van der Waals surface area contributed by atoms with E-state index in [-0.39, 0.29) is 10.7 Å². The molecule has 0 heterocycles. The first kappa shape index (κ1) is 18.1. The fourth-order valence-corrected chi connectivity index (χ4v) is 2.91. The Labute approximate surface area is 143 Å². The number of benzene rings is 2. The fourth-order valence-electron chi connectivity index (χ4n) is 2.18. The number of rotatable bonds is 6. The van der Waals surface area contributed by atoms with E-state index in [1.54, 1.807) is 6.08 Å². The summed E-state index contributed by atoms with van der Waals surface area (Å²) < 4.78 is 25.6. The van der Waals surface area contributed by atoms with Crippen LogP contribution in [0.5, 0.6) is 0 Å². The van der Waals surface area contributed by atoms with E-state index in [1.807, 2.05) is 24.3 Å². The maximum atomic E-state index is 12.2. The van der Waals surface area contributed by atoms with Crippen molar-refractivity contribution in [3.63, 3.8) is 0 Å². The Morgan fingerprint density at radius 1 is 1.00 bits per heavy atom. The zero-order chi connectivity index (χ0) is 17.7. The molecule has 0 atom stereocenters. The van der Waals surface area contributed by atoms with Crippen LogP contribution in [0.2, 0.25) is 0 Å². The minimum Gasteiger partial charge on any atom is -0.289 e. The largest absolute Gasteiger partial charge is 0.289 e. The summed E-state index contributed by atoms with van der Waals surface area (Å²) in [6.07, 6.45) is 3.25. The summed E-state index contributed by atoms with van der Waals surface area (Å²) in [5, 5.41) is 0. The van der Waals surface area contributed by atoms with E-state index in [0.717, 1.165) is 5.56 Å². The van der Waals surface area contributed by atoms with E-state index in [2.05, 4.69) is 18.6 Å². The van der Waals surface area contributed by atoms with Crippen LogP contribution in [0.1, 0.15) is 41.3 Å². The van der Waals surface area contributed by atoms with Crippen LogP contribution in [0.25, 0.3) is 6.08 Å². The quantitative estimate of drug-likeness (QED) is 0.644. The second-order valence-electron chi connectivity index (χ2n) is 5.75. The minimum absolute atomic E-state index is 0.134. The van der Waals surface area contributed by atoms with E-state index < -0.39 is 10.0 Å². The van der Waals surface area contributed by atoms with Crippen molar-refractivity contribution in [3.8, 4) is 0 Å². The van der Waals surface area contributed by atoms with E-state index in [1.165, 1.54) is 43.0 Å². The van der Waals surface area contributed by atoms with Gasteiger partial charge in [0, 0.05) is 5.56 Å². The van der Waals surface area contributed by atoms with E-state index in [4.69, 9.17) is 0 Å². The summed E-state index contributed by atoms with van der Waals surface area (Å²) in [5.41, 5.74) is 2.64. The molecule has 2 rings (SSSR count). The average molecular weight is 343 g/mol. The molecule has 0 spiro atoms. The lowest BCUT2D eigenvalue weighted by atomic mass is 10.0. The predicted octanol–water partition coefficient (Wildman–Crippen LogP) is 3.61. The molecule has 2 aromatic carbocycles. The predicted molar refractivity (Wildman–Crippen MR) is 96.6 cm³/mol. The molecule has 0 aliphatic heterocycles. The van der Waals surface area contributed by atoms with Gasteiger partial charge in [-0.2, -0.15) is 0 Å². The fraction of sp³-hybridized carbons (Fsp3) is 0.211. The molecular weight excluding hydrogens is 322 g/mol. The van der Waals surface area contributed by atoms with Crippen LogP contribution >= 0.6 is 0 Å². The number of allylic oxidation sites excluding steroid dienone is 1. The number of carbonyl (C=O) groups is 1. The number of ketones is 1. The molecule has 5 heteroatoms. The molecule has 0 unspecified atom stereocenters. The van der Waals surface area contributed by atoms with Crippen molar-refractivity contribution >= 4 is 21.9 Å². The maximum Gasteiger partial charge on any atom is 0.240 e. The van der Waals surface area contributed by atoms with Crippen molar-refractivity contribution in [2.24, 2.45) is 0 Å². The lowest BCUT2D eigenvalue weighted by Gasteiger charge is -2.04. The van der Waals surface area contributed by atoms with Crippen molar-refractivity contribution in [3.05, 3.63) is 71.3 Å². The highest BCUT2D eigenvalue weighted by atomic mass is 32.2. The third kappa shape index (κ3) is 4.40. The molecular formula is C19H21NO3S. The number of sulfonamides is 1. The van der Waals surface area contributed by atoms with Crippen LogP contribution in [0.15, 0.2) is 59.5 Å². The molecule has 0 saturated carbocycles. The van der Waals surface area contributed by atoms with Gasteiger partial charge in [-0.3, -0.25) is 4.79 Å². The number of hydrogen-bond donors (Lipinski definition) is 1. The Balaban J connectivity index is 2.12. The highest BCUT2D eigenvalue weighted by Gasteiger charge is 2.11. The van der Waals surface area contributed by atoms with Crippen LogP contribution in [0.4, 0.5) is 0 Å². The SMILES string of the molecule is CNS(=O)(=O)c1ccc(C(=O)/C=C/c2ccc(C(C)C)cc2)cc1. The molecule has 0 aliphatic rings. The smallest absolute Gasteiger partial charge is 0.240 e. The van der Waals surface area contributed by atoms with Crippen molar-refractivity contribution in [2.45, 2.75) is 24.7 Å². The average Bonchev–Trinajstić information content (AvgIpc) is 2.60. The van der Waals surface area contributed by atoms with Gasteiger partial charge in [0.25, 0.3) is 0 Å². The molecule has 0 bridgehead atoms. The van der Waals surface area contributed by atoms with Crippen molar-refractivity contribution in [2.75, 3.05) is 7.05 Å². The topological polar surface area (TPSA) is 63.2 Å². The minimum atomic E-state index is -3.49. The van der Waals surface area contributed by atoms with Gasteiger partial charge in [0.15, 0.2) is 5.78 Å². The summed E-state index contributed by atoms with van der Waals surface area (Å²) >= 11 is 0. The molecule has 0 amide bonds. The van der Waals surface area contributed by atoms with Crippen molar-refractivity contribution < 1.29 is 13.2 Å². The van der Waals surface area contributed by atoms with Crippen LogP contribution in [-0.2, 0) is 10.0 Å². The van der Waals surface area contributed by atoms with Gasteiger partial charge in [-0.15, -0.1) is 0 Å². The summed E-state index contributed by atoms with van der Waals surface area (Å²) in [6, 6.07) is 13.9. The molecule has 0 aliphatic carbocycles. The zero-order valence-corrected chi connectivity index (χ0v) is 14.8. The van der Waals surface area contributed by atoms with E-state index in [0.29, 0.717) is 11.5 Å². The third-order valence-electron chi connectivity index (χ3n) is 3.75. The molecule has 0 aromatic heterocycles. The zero-order valence-electron chi connectivity index (χ0n) is 14.0. The van der Waals surface area contributed by atoms with E-state index in [9.17, 15) is 13.2 Å². The van der Waals surface area contributed by atoms with Crippen LogP contribution in [-0.4, -0.2) is 21.2 Å². The van der Waals surface area contributed by atoms with Gasteiger partial charge in [-0.25, -0.2) is 13.1 Å². The molecule has 2 aromatic rings. The lowest BCUT2D eigenvalue weighted by molar-refractivity contribution is 0.104. The third-order valence-corrected chi connectivity index (χ3v) is 5.18. The van der Waals surface area contributed by atoms with Gasteiger partial charge in [0.05, 0.1) is 4.90 Å². The molecule has 0 radical (unpaired) electrons. The first-order chi connectivity index (χ1) is 11.3. The lowest BCUT2D eigenvalue weighted by Crippen LogP contribution is -2.18. The first-order valence-corrected chi connectivity index (χ1v) is 9.18. The Morgan fingerprint density at radius 2 is 1.58 bits per heavy atom. The normalized spacial score (nSPS) is 12.0. The van der Waals surface area contributed by atoms with Gasteiger partial charge in [-0.05, 0) is 54.4 Å². The highest BCUT2D eigenvalue weighted by molar-refractivity contribution is 7.89. The van der Waals surface area contributed by atoms with Crippen LogP contribution < -0.4 is 4.72 Å². The molecule has 4 nitrogen and oxygen atoms in total. The van der Waals surface area contributed by atoms with Gasteiger partial charge in [0.1, 0.15) is 0 Å².